The van der Waals surface area contributed by atoms with Gasteiger partial charge in [0.15, 0.2) is 0 Å². The molecule has 34 heavy (non-hydrogen) atoms. The van der Waals surface area contributed by atoms with Crippen molar-refractivity contribution in [1.29, 1.82) is 0 Å². The van der Waals surface area contributed by atoms with Gasteiger partial charge < -0.3 is 14.6 Å². The van der Waals surface area contributed by atoms with E-state index in [4.69, 9.17) is 4.74 Å². The maximum atomic E-state index is 13.3. The molecule has 186 valence electrons. The fourth-order valence-electron chi connectivity index (χ4n) is 4.12. The van der Waals surface area contributed by atoms with Crippen LogP contribution in [0.25, 0.3) is 10.9 Å². The van der Waals surface area contributed by atoms with Gasteiger partial charge in [0.25, 0.3) is 5.56 Å². The fourth-order valence-corrected chi connectivity index (χ4v) is 4.81. The summed E-state index contributed by atoms with van der Waals surface area (Å²) < 4.78 is 73.5. The van der Waals surface area contributed by atoms with Gasteiger partial charge in [-0.15, -0.1) is 0 Å². The highest BCUT2D eigenvalue weighted by atomic mass is 32.5. The monoisotopic (exact) mass is 504 g/mol. The molecular weight excluding hydrogens is 479 g/mol. The predicted octanol–water partition coefficient (Wildman–Crippen LogP) is 6.46. The summed E-state index contributed by atoms with van der Waals surface area (Å²) in [6.07, 6.45) is 2.90. The van der Waals surface area contributed by atoms with Gasteiger partial charge in [-0.3, -0.25) is 4.79 Å². The molecule has 0 aliphatic carbocycles. The zero-order valence-corrected chi connectivity index (χ0v) is 19.6. The van der Waals surface area contributed by atoms with Crippen molar-refractivity contribution in [2.45, 2.75) is 50.1 Å². The minimum absolute atomic E-state index is 0.0138. The molecule has 6 nitrogen and oxygen atoms in total. The number of halogens is 5. The molecule has 1 atom stereocenters. The summed E-state index contributed by atoms with van der Waals surface area (Å²) in [5, 5.41) is 3.51. The summed E-state index contributed by atoms with van der Waals surface area (Å²) in [5.74, 6) is 0.634. The average molecular weight is 505 g/mol. The second-order valence-electron chi connectivity index (χ2n) is 8.92. The van der Waals surface area contributed by atoms with Gasteiger partial charge in [-0.2, -0.15) is 0 Å². The number of nitrogens with zero attached hydrogens (tertiary/aromatic N) is 3. The van der Waals surface area contributed by atoms with E-state index in [1.165, 1.54) is 12.1 Å². The maximum Gasteiger partial charge on any atom is 0.310 e. The van der Waals surface area contributed by atoms with Crippen LogP contribution in [-0.4, -0.2) is 27.7 Å². The average Bonchev–Trinajstić information content (AvgIpc) is 2.72. The van der Waals surface area contributed by atoms with E-state index in [2.05, 4.69) is 15.3 Å². The lowest BCUT2D eigenvalue weighted by molar-refractivity contribution is 0.0281. The molecule has 1 aliphatic heterocycles. The summed E-state index contributed by atoms with van der Waals surface area (Å²) in [5.41, 5.74) is -0.329. The van der Waals surface area contributed by atoms with Crippen LogP contribution >= 0.6 is 10.2 Å². The summed E-state index contributed by atoms with van der Waals surface area (Å²) in [4.78, 5) is 19.6. The Labute approximate surface area is 192 Å². The highest BCUT2D eigenvalue weighted by molar-refractivity contribution is 8.45. The van der Waals surface area contributed by atoms with E-state index in [0.717, 1.165) is 6.07 Å². The van der Waals surface area contributed by atoms with Crippen molar-refractivity contribution >= 4 is 26.9 Å². The van der Waals surface area contributed by atoms with Crippen LogP contribution in [0.4, 0.5) is 25.2 Å². The molecule has 3 aromatic rings. The van der Waals surface area contributed by atoms with Crippen LogP contribution in [0, 0.1) is 6.92 Å². The number of anilines is 1. The van der Waals surface area contributed by atoms with Gasteiger partial charge in [0, 0.05) is 31.0 Å². The van der Waals surface area contributed by atoms with E-state index in [1.807, 2.05) is 6.92 Å². The zero-order valence-electron chi connectivity index (χ0n) is 18.8. The Morgan fingerprint density at radius 1 is 1.12 bits per heavy atom. The van der Waals surface area contributed by atoms with Crippen LogP contribution < -0.4 is 10.9 Å². The predicted molar refractivity (Wildman–Crippen MR) is 122 cm³/mol. The lowest BCUT2D eigenvalue weighted by atomic mass is 9.92. The van der Waals surface area contributed by atoms with Crippen molar-refractivity contribution in [2.75, 3.05) is 18.5 Å². The number of fused-ring (bicyclic) bond motifs is 1. The smallest absolute Gasteiger partial charge is 0.310 e. The van der Waals surface area contributed by atoms with E-state index >= 15 is 0 Å². The molecule has 1 aliphatic rings. The van der Waals surface area contributed by atoms with Crippen LogP contribution in [0.5, 0.6) is 0 Å². The summed E-state index contributed by atoms with van der Waals surface area (Å²) >= 11 is 0. The number of ether oxygens (including phenoxy) is 1. The molecule has 1 saturated heterocycles. The van der Waals surface area contributed by atoms with Crippen molar-refractivity contribution in [3.8, 4) is 0 Å². The Balaban J connectivity index is 1.76. The first-order valence-corrected chi connectivity index (χ1v) is 12.6. The normalized spacial score (nSPS) is 19.3. The minimum Gasteiger partial charge on any atom is -0.381 e. The lowest BCUT2D eigenvalue weighted by Crippen LogP contribution is -2.42. The molecule has 1 fully saturated rings. The zero-order chi connectivity index (χ0) is 25.0. The summed E-state index contributed by atoms with van der Waals surface area (Å²) in [6, 6.07) is 3.71. The maximum absolute atomic E-state index is 13.3. The van der Waals surface area contributed by atoms with Crippen LogP contribution in [0.1, 0.15) is 44.1 Å². The Morgan fingerprint density at radius 3 is 2.44 bits per heavy atom. The number of hydrogen-bond acceptors (Lipinski definition) is 5. The molecule has 12 heteroatoms. The molecule has 0 radical (unpaired) electrons. The lowest BCUT2D eigenvalue weighted by Gasteiger charge is -2.40. The number of nitrogens with one attached hydrogen (secondary N) is 1. The Bertz CT molecular complexity index is 1320. The quantitative estimate of drug-likeness (QED) is 0.404. The number of aryl methyl sites for hydroxylation is 1. The van der Waals surface area contributed by atoms with Gasteiger partial charge in [-0.25, -0.2) is 9.97 Å². The van der Waals surface area contributed by atoms with Crippen molar-refractivity contribution in [2.24, 2.45) is 0 Å². The second-order valence-corrected chi connectivity index (χ2v) is 11.3. The first kappa shape index (κ1) is 24.4. The molecule has 0 amide bonds. The van der Waals surface area contributed by atoms with Crippen molar-refractivity contribution in [3.63, 3.8) is 0 Å². The van der Waals surface area contributed by atoms with Gasteiger partial charge in [0.2, 0.25) is 0 Å². The Hall–Kier alpha value is -2.73. The molecular formula is C22H25F5N4O2S. The van der Waals surface area contributed by atoms with E-state index in [-0.39, 0.29) is 16.9 Å². The van der Waals surface area contributed by atoms with E-state index < -0.39 is 26.7 Å². The number of rotatable bonds is 5. The van der Waals surface area contributed by atoms with Crippen LogP contribution in [0.3, 0.4) is 0 Å². The third-order valence-electron chi connectivity index (χ3n) is 6.15. The van der Waals surface area contributed by atoms with E-state index in [9.17, 15) is 24.2 Å². The standard InChI is InChI=1S/C22H25F5N4O2S/c1-14(16-5-4-6-17(11-16)34(23,24,25,26)27)28-21-18-13-31(22(3)7-9-33-10-8-22)20(32)12-19(18)29-15(2)30-21/h4-6,11-14H,7-10H2,1-3H3,(H,28,29,30). The van der Waals surface area contributed by atoms with Crippen molar-refractivity contribution in [3.05, 3.63) is 58.3 Å². The number of benzene rings is 1. The third kappa shape index (κ3) is 4.88. The summed E-state index contributed by atoms with van der Waals surface area (Å²) in [6.45, 7) is 6.14. The molecule has 1 unspecified atom stereocenters. The first-order valence-electron chi connectivity index (χ1n) is 10.7. The fraction of sp³-hybridized carbons (Fsp3) is 0.409. The van der Waals surface area contributed by atoms with Gasteiger partial charge in [-0.1, -0.05) is 31.6 Å². The van der Waals surface area contributed by atoms with Gasteiger partial charge >= 0.3 is 10.2 Å². The molecule has 4 rings (SSSR count). The summed E-state index contributed by atoms with van der Waals surface area (Å²) in [7, 11) is -9.82. The van der Waals surface area contributed by atoms with Crippen molar-refractivity contribution in [1.82, 2.24) is 14.5 Å². The number of pyridine rings is 1. The highest BCUT2D eigenvalue weighted by Crippen LogP contribution is 3.02. The van der Waals surface area contributed by atoms with Gasteiger partial charge in [0.05, 0.1) is 16.9 Å². The third-order valence-corrected chi connectivity index (χ3v) is 7.30. The van der Waals surface area contributed by atoms with Gasteiger partial charge in [0.1, 0.15) is 16.5 Å². The Morgan fingerprint density at radius 2 is 1.79 bits per heavy atom. The molecule has 1 N–H and O–H groups in total. The SMILES string of the molecule is Cc1nc(NC(C)c2cccc(S(F)(F)(F)(F)F)c2)c2cn(C3(C)CCOCC3)c(=O)cc2n1. The largest absolute Gasteiger partial charge is 0.381 e. The molecule has 0 spiro atoms. The van der Waals surface area contributed by atoms with Crippen LogP contribution in [-0.2, 0) is 10.3 Å². The molecule has 2 aromatic heterocycles. The molecule has 0 bridgehead atoms. The van der Waals surface area contributed by atoms with E-state index in [1.54, 1.807) is 24.6 Å². The highest BCUT2D eigenvalue weighted by Gasteiger charge is 2.65. The van der Waals surface area contributed by atoms with Crippen LogP contribution in [0.15, 0.2) is 46.2 Å². The molecule has 1 aromatic carbocycles. The van der Waals surface area contributed by atoms with Crippen LogP contribution in [0.2, 0.25) is 0 Å². The minimum atomic E-state index is -9.82. The van der Waals surface area contributed by atoms with Crippen molar-refractivity contribution < 1.29 is 24.2 Å². The number of hydrogen-bond donors (Lipinski definition) is 1. The number of aromatic nitrogens is 3. The molecule has 3 heterocycles. The van der Waals surface area contributed by atoms with E-state index in [0.29, 0.717) is 54.9 Å². The van der Waals surface area contributed by atoms with Gasteiger partial charge in [-0.05, 0) is 51.3 Å². The first-order chi connectivity index (χ1) is 15.6. The molecule has 0 saturated carbocycles. The second kappa shape index (κ2) is 7.38. The Kier molecular flexibility index (Phi) is 5.30. The topological polar surface area (TPSA) is 69.0 Å².